The van der Waals surface area contributed by atoms with E-state index < -0.39 is 6.04 Å². The third-order valence-corrected chi connectivity index (χ3v) is 3.82. The molecule has 1 rings (SSSR count). The second-order valence-electron chi connectivity index (χ2n) is 5.29. The predicted molar refractivity (Wildman–Crippen MR) is 74.8 cm³/mol. The number of carbonyl (C=O) groups is 1. The number of nitrogens with two attached hydrogens (primary N) is 1. The van der Waals surface area contributed by atoms with E-state index in [0.717, 1.165) is 19.3 Å². The minimum absolute atomic E-state index is 0.00698. The van der Waals surface area contributed by atoms with Crippen LogP contribution >= 0.6 is 0 Å². The van der Waals surface area contributed by atoms with Gasteiger partial charge in [-0.15, -0.1) is 0 Å². The molecule has 0 spiro atoms. The molecule has 1 saturated carbocycles. The average Bonchev–Trinajstić information content (AvgIpc) is 2.45. The zero-order chi connectivity index (χ0) is 14.1. The van der Waals surface area contributed by atoms with Crippen LogP contribution in [0.4, 0.5) is 0 Å². The molecular weight excluding hydrogens is 244 g/mol. The first kappa shape index (κ1) is 16.4. The molecule has 5 heteroatoms. The van der Waals surface area contributed by atoms with Crippen LogP contribution in [0.3, 0.4) is 0 Å². The van der Waals surface area contributed by atoms with Crippen molar-refractivity contribution in [2.24, 2.45) is 5.73 Å². The maximum absolute atomic E-state index is 12.4. The van der Waals surface area contributed by atoms with Gasteiger partial charge in [-0.1, -0.05) is 19.3 Å². The van der Waals surface area contributed by atoms with Crippen molar-refractivity contribution in [3.63, 3.8) is 0 Å². The summed E-state index contributed by atoms with van der Waals surface area (Å²) in [6, 6.07) is -0.203. The van der Waals surface area contributed by atoms with Gasteiger partial charge in [-0.25, -0.2) is 0 Å². The van der Waals surface area contributed by atoms with E-state index in [4.69, 9.17) is 15.6 Å². The van der Waals surface area contributed by atoms with E-state index in [-0.39, 0.29) is 18.6 Å². The van der Waals surface area contributed by atoms with Gasteiger partial charge in [0.05, 0.1) is 12.6 Å². The van der Waals surface area contributed by atoms with Gasteiger partial charge in [0, 0.05) is 26.3 Å². The molecule has 19 heavy (non-hydrogen) atoms. The fourth-order valence-electron chi connectivity index (χ4n) is 2.76. The molecule has 0 aliphatic heterocycles. The fraction of sp³-hybridized carbons (Fsp3) is 0.929. The highest BCUT2D eigenvalue weighted by atomic mass is 16.5. The number of methoxy groups -OCH3 is 1. The number of rotatable bonds is 8. The molecule has 0 aromatic rings. The molecule has 0 aromatic carbocycles. The zero-order valence-electron chi connectivity index (χ0n) is 12.0. The third-order valence-electron chi connectivity index (χ3n) is 3.82. The minimum Gasteiger partial charge on any atom is -0.395 e. The summed E-state index contributed by atoms with van der Waals surface area (Å²) in [6.45, 7) is 1.04. The summed E-state index contributed by atoms with van der Waals surface area (Å²) in [7, 11) is 1.65. The van der Waals surface area contributed by atoms with Crippen molar-refractivity contribution in [3.8, 4) is 0 Å². The first-order valence-electron chi connectivity index (χ1n) is 7.36. The molecule has 1 aliphatic rings. The van der Waals surface area contributed by atoms with Gasteiger partial charge in [0.15, 0.2) is 0 Å². The molecule has 1 unspecified atom stereocenters. The van der Waals surface area contributed by atoms with Crippen molar-refractivity contribution >= 4 is 5.91 Å². The molecule has 1 aliphatic carbocycles. The van der Waals surface area contributed by atoms with Crippen molar-refractivity contribution in [2.75, 3.05) is 26.9 Å². The number of hydrogen-bond donors (Lipinski definition) is 2. The highest BCUT2D eigenvalue weighted by Gasteiger charge is 2.28. The molecule has 5 nitrogen and oxygen atoms in total. The molecule has 0 radical (unpaired) electrons. The summed E-state index contributed by atoms with van der Waals surface area (Å²) in [5.41, 5.74) is 5.97. The number of ether oxygens (including phenoxy) is 1. The van der Waals surface area contributed by atoms with Crippen LogP contribution in [0.15, 0.2) is 0 Å². The number of aliphatic hydroxyl groups excluding tert-OH is 1. The van der Waals surface area contributed by atoms with E-state index in [9.17, 15) is 4.79 Å². The molecule has 3 N–H and O–H groups in total. The molecule has 0 heterocycles. The number of amides is 1. The lowest BCUT2D eigenvalue weighted by Gasteiger charge is -2.35. The van der Waals surface area contributed by atoms with Crippen LogP contribution in [0.25, 0.3) is 0 Å². The third kappa shape index (κ3) is 5.47. The van der Waals surface area contributed by atoms with Crippen molar-refractivity contribution in [1.29, 1.82) is 0 Å². The SMILES string of the molecule is COCCCC(N)C(=O)N(CCO)C1CCCCC1. The van der Waals surface area contributed by atoms with Crippen LogP contribution in [0, 0.1) is 0 Å². The van der Waals surface area contributed by atoms with Crippen LogP contribution in [0.1, 0.15) is 44.9 Å². The second kappa shape index (κ2) is 9.28. The molecule has 112 valence electrons. The zero-order valence-corrected chi connectivity index (χ0v) is 12.0. The lowest BCUT2D eigenvalue weighted by molar-refractivity contribution is -0.136. The average molecular weight is 272 g/mol. The smallest absolute Gasteiger partial charge is 0.239 e. The van der Waals surface area contributed by atoms with Crippen LogP contribution in [-0.2, 0) is 9.53 Å². The van der Waals surface area contributed by atoms with Crippen molar-refractivity contribution < 1.29 is 14.6 Å². The maximum Gasteiger partial charge on any atom is 0.239 e. The summed E-state index contributed by atoms with van der Waals surface area (Å²) >= 11 is 0. The Balaban J connectivity index is 2.50. The topological polar surface area (TPSA) is 75.8 Å². The van der Waals surface area contributed by atoms with Crippen LogP contribution in [0.5, 0.6) is 0 Å². The highest BCUT2D eigenvalue weighted by molar-refractivity contribution is 5.82. The lowest BCUT2D eigenvalue weighted by Crippen LogP contribution is -2.50. The largest absolute Gasteiger partial charge is 0.395 e. The van der Waals surface area contributed by atoms with Gasteiger partial charge in [0.1, 0.15) is 0 Å². The Labute approximate surface area is 116 Å². The van der Waals surface area contributed by atoms with Crippen molar-refractivity contribution in [3.05, 3.63) is 0 Å². The Morgan fingerprint density at radius 3 is 2.68 bits per heavy atom. The van der Waals surface area contributed by atoms with Crippen LogP contribution < -0.4 is 5.73 Å². The summed E-state index contributed by atoms with van der Waals surface area (Å²) in [5.74, 6) is -0.0166. The minimum atomic E-state index is -0.469. The standard InChI is InChI=1S/C14H28N2O3/c1-19-11-5-8-13(15)14(18)16(9-10-17)12-6-3-2-4-7-12/h12-13,17H,2-11,15H2,1H3. The molecule has 1 fully saturated rings. The summed E-state index contributed by atoms with van der Waals surface area (Å²) in [4.78, 5) is 14.2. The van der Waals surface area contributed by atoms with Gasteiger partial charge in [0.25, 0.3) is 0 Å². The monoisotopic (exact) mass is 272 g/mol. The van der Waals surface area contributed by atoms with E-state index in [2.05, 4.69) is 0 Å². The highest BCUT2D eigenvalue weighted by Crippen LogP contribution is 2.23. The van der Waals surface area contributed by atoms with Gasteiger partial charge in [0.2, 0.25) is 5.91 Å². The van der Waals surface area contributed by atoms with E-state index in [1.54, 1.807) is 12.0 Å². The summed E-state index contributed by atoms with van der Waals surface area (Å²) in [6.07, 6.45) is 7.09. The predicted octanol–water partition coefficient (Wildman–Crippen LogP) is 0.894. The Morgan fingerprint density at radius 1 is 1.42 bits per heavy atom. The second-order valence-corrected chi connectivity index (χ2v) is 5.29. The Morgan fingerprint density at radius 2 is 2.11 bits per heavy atom. The van der Waals surface area contributed by atoms with E-state index >= 15 is 0 Å². The quantitative estimate of drug-likeness (QED) is 0.644. The Hall–Kier alpha value is -0.650. The fourth-order valence-corrected chi connectivity index (χ4v) is 2.76. The molecule has 0 saturated heterocycles. The van der Waals surface area contributed by atoms with Gasteiger partial charge in [-0.05, 0) is 25.7 Å². The number of carbonyl (C=O) groups excluding carboxylic acids is 1. The number of aliphatic hydroxyl groups is 1. The Bertz CT molecular complexity index is 255. The first-order chi connectivity index (χ1) is 9.20. The lowest BCUT2D eigenvalue weighted by atomic mass is 9.93. The van der Waals surface area contributed by atoms with Gasteiger partial charge in [-0.2, -0.15) is 0 Å². The van der Waals surface area contributed by atoms with E-state index in [0.29, 0.717) is 19.6 Å². The maximum atomic E-state index is 12.4. The van der Waals surface area contributed by atoms with Crippen LogP contribution in [0.2, 0.25) is 0 Å². The van der Waals surface area contributed by atoms with E-state index in [1.807, 2.05) is 0 Å². The molecule has 1 atom stereocenters. The van der Waals surface area contributed by atoms with Gasteiger partial charge >= 0.3 is 0 Å². The van der Waals surface area contributed by atoms with Crippen LogP contribution in [-0.4, -0.2) is 54.9 Å². The van der Waals surface area contributed by atoms with Gasteiger partial charge < -0.3 is 20.5 Å². The number of hydrogen-bond acceptors (Lipinski definition) is 4. The number of nitrogens with zero attached hydrogens (tertiary/aromatic N) is 1. The molecule has 0 aromatic heterocycles. The first-order valence-corrected chi connectivity index (χ1v) is 7.36. The van der Waals surface area contributed by atoms with Crippen molar-refractivity contribution in [1.82, 2.24) is 4.90 Å². The summed E-state index contributed by atoms with van der Waals surface area (Å²) in [5, 5.41) is 9.16. The summed E-state index contributed by atoms with van der Waals surface area (Å²) < 4.78 is 4.98. The van der Waals surface area contributed by atoms with E-state index in [1.165, 1.54) is 19.3 Å². The van der Waals surface area contributed by atoms with Crippen molar-refractivity contribution in [2.45, 2.75) is 57.0 Å². The molecule has 0 bridgehead atoms. The van der Waals surface area contributed by atoms with Gasteiger partial charge in [-0.3, -0.25) is 4.79 Å². The molecule has 1 amide bonds. The normalized spacial score (nSPS) is 18.3. The Kier molecular flexibility index (Phi) is 8.02. The molecular formula is C14H28N2O3.